The average molecular weight is 386 g/mol. The smallest absolute Gasteiger partial charge is 0.247 e. The molecule has 3 heterocycles. The Labute approximate surface area is 163 Å². The van der Waals surface area contributed by atoms with Gasteiger partial charge in [-0.05, 0) is 32.4 Å². The lowest BCUT2D eigenvalue weighted by molar-refractivity contribution is -0.127. The Hall–Kier alpha value is -2.94. The van der Waals surface area contributed by atoms with Crippen molar-refractivity contribution >= 4 is 11.8 Å². The second kappa shape index (κ2) is 8.83. The quantitative estimate of drug-likeness (QED) is 0.688. The van der Waals surface area contributed by atoms with Gasteiger partial charge in [-0.1, -0.05) is 10.8 Å². The molecule has 9 nitrogen and oxygen atoms in total. The molecule has 2 amide bonds. The van der Waals surface area contributed by atoms with Gasteiger partial charge in [0, 0.05) is 19.7 Å². The number of carbonyl (C=O) groups excluding carboxylic acids is 2. The Kier molecular flexibility index (Phi) is 6.25. The van der Waals surface area contributed by atoms with Gasteiger partial charge < -0.3 is 20.0 Å². The number of nitrogens with one attached hydrogen (secondary N) is 2. The van der Waals surface area contributed by atoms with Gasteiger partial charge in [0.25, 0.3) is 0 Å². The third-order valence-corrected chi connectivity index (χ3v) is 4.61. The van der Waals surface area contributed by atoms with Crippen molar-refractivity contribution in [2.45, 2.75) is 45.4 Å². The number of likely N-dealkylation sites (N-methyl/N-ethyl adjacent to an activating group) is 1. The molecule has 0 radical (unpaired) electrons. The van der Waals surface area contributed by atoms with Crippen molar-refractivity contribution in [3.05, 3.63) is 47.7 Å². The van der Waals surface area contributed by atoms with Crippen LogP contribution in [0.25, 0.3) is 0 Å². The van der Waals surface area contributed by atoms with Gasteiger partial charge in [-0.2, -0.15) is 0 Å². The van der Waals surface area contributed by atoms with Crippen LogP contribution in [0, 0.1) is 0 Å². The van der Waals surface area contributed by atoms with Gasteiger partial charge in [-0.15, -0.1) is 5.10 Å². The molecule has 0 saturated carbocycles. The predicted octanol–water partition coefficient (Wildman–Crippen LogP) is 1.02. The molecule has 2 aromatic rings. The molecule has 0 aromatic carbocycles. The average Bonchev–Trinajstić information content (AvgIpc) is 3.41. The molecule has 28 heavy (non-hydrogen) atoms. The highest BCUT2D eigenvalue weighted by Crippen LogP contribution is 2.19. The van der Waals surface area contributed by atoms with E-state index in [4.69, 9.17) is 4.42 Å². The van der Waals surface area contributed by atoms with Crippen molar-refractivity contribution in [1.82, 2.24) is 30.5 Å². The Balaban J connectivity index is 1.69. The molecular weight excluding hydrogens is 360 g/mol. The van der Waals surface area contributed by atoms with Crippen LogP contribution in [0.1, 0.15) is 37.8 Å². The first-order chi connectivity index (χ1) is 13.5. The van der Waals surface area contributed by atoms with Gasteiger partial charge in [0.05, 0.1) is 37.6 Å². The summed E-state index contributed by atoms with van der Waals surface area (Å²) in [5, 5.41) is 14.3. The monoisotopic (exact) mass is 386 g/mol. The molecule has 0 aliphatic carbocycles. The lowest BCUT2D eigenvalue weighted by Gasteiger charge is -2.19. The zero-order valence-electron chi connectivity index (χ0n) is 16.4. The fraction of sp³-hybridized carbons (Fsp3) is 0.474. The minimum Gasteiger partial charge on any atom is -0.467 e. The van der Waals surface area contributed by atoms with Crippen LogP contribution in [-0.4, -0.2) is 51.3 Å². The summed E-state index contributed by atoms with van der Waals surface area (Å²) in [5.41, 5.74) is 1.61. The SMILES string of the molecule is CNC(=O)[C@@H]1C[C@@H](n2cc(CN(Cc3ccco3)C(=O)C=C(C)C)nn2)CN1. The zero-order valence-corrected chi connectivity index (χ0v) is 16.4. The summed E-state index contributed by atoms with van der Waals surface area (Å²) >= 11 is 0. The maximum atomic E-state index is 12.6. The first-order valence-electron chi connectivity index (χ1n) is 9.28. The minimum atomic E-state index is -0.225. The fourth-order valence-corrected chi connectivity index (χ4v) is 3.19. The number of rotatable bonds is 7. The lowest BCUT2D eigenvalue weighted by Crippen LogP contribution is -2.38. The van der Waals surface area contributed by atoms with Gasteiger partial charge in [-0.25, -0.2) is 4.68 Å². The van der Waals surface area contributed by atoms with E-state index in [0.717, 1.165) is 5.57 Å². The van der Waals surface area contributed by atoms with E-state index < -0.39 is 0 Å². The molecule has 1 aliphatic rings. The Bertz CT molecular complexity index is 838. The van der Waals surface area contributed by atoms with E-state index >= 15 is 0 Å². The van der Waals surface area contributed by atoms with Crippen molar-refractivity contribution in [2.75, 3.05) is 13.6 Å². The molecule has 9 heteroatoms. The Morgan fingerprint density at radius 2 is 2.25 bits per heavy atom. The van der Waals surface area contributed by atoms with Crippen LogP contribution in [0.15, 0.2) is 40.7 Å². The number of nitrogens with zero attached hydrogens (tertiary/aromatic N) is 4. The molecular formula is C19H26N6O3. The molecule has 1 fully saturated rings. The molecule has 0 unspecified atom stereocenters. The van der Waals surface area contributed by atoms with E-state index in [1.807, 2.05) is 26.1 Å². The summed E-state index contributed by atoms with van der Waals surface area (Å²) in [7, 11) is 1.63. The van der Waals surface area contributed by atoms with Crippen LogP contribution in [0.5, 0.6) is 0 Å². The van der Waals surface area contributed by atoms with E-state index in [0.29, 0.717) is 37.5 Å². The van der Waals surface area contributed by atoms with E-state index in [1.165, 1.54) is 0 Å². The molecule has 2 atom stereocenters. The normalized spacial score (nSPS) is 18.7. The molecule has 2 N–H and O–H groups in total. The maximum Gasteiger partial charge on any atom is 0.247 e. The number of hydrogen-bond donors (Lipinski definition) is 2. The maximum absolute atomic E-state index is 12.6. The number of allylic oxidation sites excluding steroid dienone is 1. The Morgan fingerprint density at radius 1 is 1.43 bits per heavy atom. The minimum absolute atomic E-state index is 0.0280. The van der Waals surface area contributed by atoms with Crippen LogP contribution in [0.3, 0.4) is 0 Å². The third kappa shape index (κ3) is 4.86. The van der Waals surface area contributed by atoms with Crippen LogP contribution in [0.4, 0.5) is 0 Å². The summed E-state index contributed by atoms with van der Waals surface area (Å²) in [5.74, 6) is 0.573. The van der Waals surface area contributed by atoms with Gasteiger partial charge in [0.1, 0.15) is 11.5 Å². The molecule has 150 valence electrons. The summed E-state index contributed by atoms with van der Waals surface area (Å²) in [4.78, 5) is 26.0. The van der Waals surface area contributed by atoms with Crippen LogP contribution < -0.4 is 10.6 Å². The van der Waals surface area contributed by atoms with Gasteiger partial charge >= 0.3 is 0 Å². The number of furan rings is 1. The highest BCUT2D eigenvalue weighted by Gasteiger charge is 2.30. The van der Waals surface area contributed by atoms with Gasteiger partial charge in [-0.3, -0.25) is 9.59 Å². The highest BCUT2D eigenvalue weighted by atomic mass is 16.3. The number of aromatic nitrogens is 3. The van der Waals surface area contributed by atoms with Crippen molar-refractivity contribution in [1.29, 1.82) is 0 Å². The standard InChI is InChI=1S/C19H26N6O3/c1-13(2)7-18(26)24(12-16-5-4-6-28-16)10-14-11-25(23-22-14)15-8-17(21-9-15)19(27)20-3/h4-7,11,15,17,21H,8-10,12H2,1-3H3,(H,20,27)/t15-,17+/m1/s1. The molecule has 0 bridgehead atoms. The second-order valence-electron chi connectivity index (χ2n) is 7.15. The van der Waals surface area contributed by atoms with E-state index in [9.17, 15) is 9.59 Å². The lowest BCUT2D eigenvalue weighted by atomic mass is 10.1. The largest absolute Gasteiger partial charge is 0.467 e. The molecule has 3 rings (SSSR count). The summed E-state index contributed by atoms with van der Waals surface area (Å²) < 4.78 is 7.15. The predicted molar refractivity (Wildman–Crippen MR) is 102 cm³/mol. The highest BCUT2D eigenvalue weighted by molar-refractivity contribution is 5.88. The van der Waals surface area contributed by atoms with E-state index in [2.05, 4.69) is 20.9 Å². The molecule has 1 saturated heterocycles. The summed E-state index contributed by atoms with van der Waals surface area (Å²) in [6.45, 7) is 5.09. The zero-order chi connectivity index (χ0) is 20.1. The summed E-state index contributed by atoms with van der Waals surface area (Å²) in [6, 6.07) is 3.46. The van der Waals surface area contributed by atoms with E-state index in [-0.39, 0.29) is 23.9 Å². The second-order valence-corrected chi connectivity index (χ2v) is 7.15. The van der Waals surface area contributed by atoms with Crippen molar-refractivity contribution in [3.8, 4) is 0 Å². The first-order valence-corrected chi connectivity index (χ1v) is 9.28. The first kappa shape index (κ1) is 19.8. The molecule has 1 aliphatic heterocycles. The van der Waals surface area contributed by atoms with Gasteiger partial charge in [0.15, 0.2) is 0 Å². The fourth-order valence-electron chi connectivity index (χ4n) is 3.19. The topological polar surface area (TPSA) is 105 Å². The van der Waals surface area contributed by atoms with Gasteiger partial charge in [0.2, 0.25) is 11.8 Å². The van der Waals surface area contributed by atoms with E-state index in [1.54, 1.807) is 35.0 Å². The number of hydrogen-bond acceptors (Lipinski definition) is 6. The molecule has 0 spiro atoms. The van der Waals surface area contributed by atoms with Crippen LogP contribution in [0.2, 0.25) is 0 Å². The van der Waals surface area contributed by atoms with Crippen LogP contribution in [-0.2, 0) is 22.7 Å². The van der Waals surface area contributed by atoms with Crippen molar-refractivity contribution < 1.29 is 14.0 Å². The van der Waals surface area contributed by atoms with Crippen LogP contribution >= 0.6 is 0 Å². The number of amides is 2. The van der Waals surface area contributed by atoms with Crippen molar-refractivity contribution in [3.63, 3.8) is 0 Å². The Morgan fingerprint density at radius 3 is 2.93 bits per heavy atom. The molecule has 2 aromatic heterocycles. The third-order valence-electron chi connectivity index (χ3n) is 4.61. The summed E-state index contributed by atoms with van der Waals surface area (Å²) in [6.07, 6.45) is 5.67. The number of carbonyl (C=O) groups is 2. The van der Waals surface area contributed by atoms with Crippen molar-refractivity contribution in [2.24, 2.45) is 0 Å².